The van der Waals surface area contributed by atoms with Gasteiger partial charge in [-0.3, -0.25) is 0 Å². The molecule has 0 saturated heterocycles. The van der Waals surface area contributed by atoms with Gasteiger partial charge in [0.2, 0.25) is 0 Å². The van der Waals surface area contributed by atoms with E-state index in [-0.39, 0.29) is 72.3 Å². The van der Waals surface area contributed by atoms with E-state index in [1.165, 1.54) is 0 Å². The van der Waals surface area contributed by atoms with Crippen LogP contribution < -0.4 is 0 Å². The summed E-state index contributed by atoms with van der Waals surface area (Å²) in [4.78, 5) is 0. The summed E-state index contributed by atoms with van der Waals surface area (Å²) in [6, 6.07) is 0. The van der Waals surface area contributed by atoms with E-state index >= 15 is 0 Å². The Balaban J connectivity index is 0. The Hall–Kier alpha value is 2.25. The van der Waals surface area contributed by atoms with E-state index in [0.717, 1.165) is 0 Å². The molecule has 0 unspecified atom stereocenters. The van der Waals surface area contributed by atoms with E-state index < -0.39 is 0 Å². The first-order valence-electron chi connectivity index (χ1n) is 0. The van der Waals surface area contributed by atoms with Crippen LogP contribution >= 0.6 is 0 Å². The van der Waals surface area contributed by atoms with Crippen LogP contribution in [0.1, 0.15) is 0 Å². The molecule has 0 atom stereocenters. The first-order valence-corrected chi connectivity index (χ1v) is 0. The minimum absolute atomic E-state index is 0. The average Bonchev–Trinajstić information content (AvgIpc) is 0. The van der Waals surface area contributed by atoms with E-state index in [1.807, 2.05) is 0 Å². The Kier molecular flexibility index (Phi) is 160. The number of rotatable bonds is 0. The minimum Gasteiger partial charge on any atom is 0 e. The molecule has 0 nitrogen and oxygen atoms in total. The quantitative estimate of drug-likeness (QED) is 0.535. The van der Waals surface area contributed by atoms with Gasteiger partial charge in [-0.05, 0) is 0 Å². The zero-order valence-corrected chi connectivity index (χ0v) is 7.64. The zero-order chi connectivity index (χ0) is 0. The number of hydrogen-bond acceptors (Lipinski definition) is 0. The maximum atomic E-state index is 0. The molecule has 4 heavy (non-hydrogen) atoms. The molecule has 0 bridgehead atoms. The molecule has 32 valence electrons. The molecule has 0 aromatic heterocycles. The summed E-state index contributed by atoms with van der Waals surface area (Å²) in [5.41, 5.74) is 0. The molecule has 0 aliphatic heterocycles. The van der Waals surface area contributed by atoms with E-state index in [9.17, 15) is 0 Å². The largest absolute Gasteiger partial charge is 0 e. The second kappa shape index (κ2) is 18.7. The molecular weight excluding hydrogens is 358 g/mol. The van der Waals surface area contributed by atoms with Crippen LogP contribution in [0.4, 0.5) is 0 Å². The summed E-state index contributed by atoms with van der Waals surface area (Å²) in [5.74, 6) is 0. The maximum Gasteiger partial charge on any atom is 0 e. The van der Waals surface area contributed by atoms with Crippen molar-refractivity contribution in [1.82, 2.24) is 0 Å². The molecule has 0 amide bonds. The van der Waals surface area contributed by atoms with Crippen molar-refractivity contribution < 1.29 is 72.3 Å². The van der Waals surface area contributed by atoms with Gasteiger partial charge in [-0.2, -0.15) is 0 Å². The van der Waals surface area contributed by atoms with Gasteiger partial charge in [0, 0.05) is 72.3 Å². The Morgan fingerprint density at radius 2 is 1.00 bits per heavy atom. The smallest absolute Gasteiger partial charge is 0 e. The molecule has 0 N–H and O–H groups in total. The SMILES string of the molecule is [Co].[Cr].[Cu].[W]. The van der Waals surface area contributed by atoms with Crippen molar-refractivity contribution in [3.05, 3.63) is 0 Å². The van der Waals surface area contributed by atoms with Crippen LogP contribution in [0.2, 0.25) is 0 Å². The topological polar surface area (TPSA) is 0 Å². The first-order chi connectivity index (χ1) is 0. The van der Waals surface area contributed by atoms with Gasteiger partial charge in [-0.15, -0.1) is 0 Å². The van der Waals surface area contributed by atoms with Gasteiger partial charge >= 0.3 is 0 Å². The molecule has 0 aliphatic rings. The summed E-state index contributed by atoms with van der Waals surface area (Å²) >= 11 is 0. The third-order valence-electron chi connectivity index (χ3n) is 0. The zero-order valence-electron chi connectivity index (χ0n) is 1.45. The van der Waals surface area contributed by atoms with Crippen LogP contribution in [0.5, 0.6) is 0 Å². The van der Waals surface area contributed by atoms with Crippen molar-refractivity contribution in [3.8, 4) is 0 Å². The summed E-state index contributed by atoms with van der Waals surface area (Å²) in [7, 11) is 0. The number of hydrogen-bond donors (Lipinski definition) is 0. The van der Waals surface area contributed by atoms with Crippen molar-refractivity contribution >= 4 is 0 Å². The molecule has 0 spiro atoms. The normalized spacial score (nSPS) is 0. The predicted molar refractivity (Wildman–Crippen MR) is 0 cm³/mol. The van der Waals surface area contributed by atoms with Crippen LogP contribution in [0.3, 0.4) is 0 Å². The molecule has 0 heterocycles. The minimum atomic E-state index is 0. The molecule has 0 aromatic rings. The molecule has 0 rings (SSSR count). The third-order valence-corrected chi connectivity index (χ3v) is 0. The van der Waals surface area contributed by atoms with E-state index in [0.29, 0.717) is 0 Å². The summed E-state index contributed by atoms with van der Waals surface area (Å²) in [6.45, 7) is 0. The molecule has 0 saturated carbocycles. The standard InChI is InChI=1S/Co.Cr.Cu.W. The van der Waals surface area contributed by atoms with Gasteiger partial charge < -0.3 is 0 Å². The van der Waals surface area contributed by atoms with Gasteiger partial charge in [-0.25, -0.2) is 0 Å². The molecule has 2 radical (unpaired) electrons. The fourth-order valence-electron chi connectivity index (χ4n) is 0. The molecule has 0 fully saturated rings. The van der Waals surface area contributed by atoms with E-state index in [4.69, 9.17) is 0 Å². The second-order valence-electron chi connectivity index (χ2n) is 0. The van der Waals surface area contributed by atoms with Crippen LogP contribution in [0.15, 0.2) is 0 Å². The van der Waals surface area contributed by atoms with Gasteiger partial charge in [0.25, 0.3) is 0 Å². The second-order valence-corrected chi connectivity index (χ2v) is 0. The van der Waals surface area contributed by atoms with Gasteiger partial charge in [0.15, 0.2) is 0 Å². The molecule has 0 aliphatic carbocycles. The fourth-order valence-corrected chi connectivity index (χ4v) is 0. The Bertz CT molecular complexity index is 8.00. The van der Waals surface area contributed by atoms with Crippen molar-refractivity contribution in [2.24, 2.45) is 0 Å². The van der Waals surface area contributed by atoms with Crippen molar-refractivity contribution in [3.63, 3.8) is 0 Å². The van der Waals surface area contributed by atoms with E-state index in [2.05, 4.69) is 0 Å². The monoisotopic (exact) mass is 358 g/mol. The molecule has 0 aromatic carbocycles. The van der Waals surface area contributed by atoms with Crippen LogP contribution in [0.25, 0.3) is 0 Å². The summed E-state index contributed by atoms with van der Waals surface area (Å²) in [6.07, 6.45) is 0. The van der Waals surface area contributed by atoms with E-state index in [1.54, 1.807) is 0 Å². The van der Waals surface area contributed by atoms with Crippen LogP contribution in [-0.4, -0.2) is 0 Å². The van der Waals surface area contributed by atoms with Crippen molar-refractivity contribution in [1.29, 1.82) is 0 Å². The third kappa shape index (κ3) is 8.87. The average molecular weight is 358 g/mol. The Morgan fingerprint density at radius 1 is 1.00 bits per heavy atom. The molecular formula is CoCrCuW. The predicted octanol–water partition coefficient (Wildman–Crippen LogP) is -0.0100. The fraction of sp³-hybridized carbons (Fsp3) is 0. The van der Waals surface area contributed by atoms with Crippen molar-refractivity contribution in [2.45, 2.75) is 0 Å². The summed E-state index contributed by atoms with van der Waals surface area (Å²) in [5, 5.41) is 0. The van der Waals surface area contributed by atoms with Gasteiger partial charge in [0.05, 0.1) is 0 Å². The van der Waals surface area contributed by atoms with Crippen molar-refractivity contribution in [2.75, 3.05) is 0 Å². The Labute approximate surface area is 71.5 Å². The van der Waals surface area contributed by atoms with Crippen LogP contribution in [0, 0.1) is 0 Å². The van der Waals surface area contributed by atoms with Crippen LogP contribution in [-0.2, 0) is 72.3 Å². The summed E-state index contributed by atoms with van der Waals surface area (Å²) < 4.78 is 0. The van der Waals surface area contributed by atoms with Gasteiger partial charge in [0.1, 0.15) is 0 Å². The Morgan fingerprint density at radius 3 is 1.00 bits per heavy atom. The first kappa shape index (κ1) is 34.1. The maximum absolute atomic E-state index is 0. The molecule has 4 heteroatoms. The van der Waals surface area contributed by atoms with Gasteiger partial charge in [-0.1, -0.05) is 0 Å².